The highest BCUT2D eigenvalue weighted by molar-refractivity contribution is 6.31. The van der Waals surface area contributed by atoms with Crippen LogP contribution in [0.3, 0.4) is 0 Å². The molecule has 0 amide bonds. The molecule has 0 fully saturated rings. The lowest BCUT2D eigenvalue weighted by molar-refractivity contribution is 0.0691. The number of fused-ring (bicyclic) bond motifs is 1. The fourth-order valence-electron chi connectivity index (χ4n) is 1.92. The summed E-state index contributed by atoms with van der Waals surface area (Å²) in [7, 11) is 0. The maximum atomic E-state index is 11.6. The standard InChI is InChI=1S/C11H9ClO3/c12-7-4-6-2-1-3-9(13)10(6)8(5-7)11(14)15/h4-5H,1-3H2,(H,14,15). The minimum absolute atomic E-state index is 0.0298. The van der Waals surface area contributed by atoms with Gasteiger partial charge in [-0.1, -0.05) is 11.6 Å². The average molecular weight is 225 g/mol. The van der Waals surface area contributed by atoms with E-state index in [1.54, 1.807) is 6.07 Å². The number of Topliss-reactive ketones (excluding diaryl/α,β-unsaturated/α-hetero) is 1. The van der Waals surface area contributed by atoms with Crippen LogP contribution in [-0.2, 0) is 6.42 Å². The van der Waals surface area contributed by atoms with Crippen molar-refractivity contribution in [3.63, 3.8) is 0 Å². The van der Waals surface area contributed by atoms with Gasteiger partial charge in [0.05, 0.1) is 5.56 Å². The van der Waals surface area contributed by atoms with Gasteiger partial charge in [0.2, 0.25) is 0 Å². The second kappa shape index (κ2) is 3.66. The Bertz CT molecular complexity index is 451. The summed E-state index contributed by atoms with van der Waals surface area (Å²) in [6, 6.07) is 3.02. The molecule has 0 saturated carbocycles. The molecule has 0 aliphatic heterocycles. The molecule has 0 heterocycles. The lowest BCUT2D eigenvalue weighted by atomic mass is 9.87. The molecular formula is C11H9ClO3. The lowest BCUT2D eigenvalue weighted by Crippen LogP contribution is -2.16. The summed E-state index contributed by atoms with van der Waals surface area (Å²) in [4.78, 5) is 22.6. The number of halogens is 1. The Hall–Kier alpha value is -1.35. The predicted octanol–water partition coefficient (Wildman–Crippen LogP) is 2.56. The van der Waals surface area contributed by atoms with Gasteiger partial charge in [0.25, 0.3) is 0 Å². The van der Waals surface area contributed by atoms with Crippen molar-refractivity contribution in [2.24, 2.45) is 0 Å². The molecule has 0 spiro atoms. The molecule has 0 atom stereocenters. The van der Waals surface area contributed by atoms with Gasteiger partial charge in [-0.3, -0.25) is 4.79 Å². The van der Waals surface area contributed by atoms with Crippen LogP contribution in [0, 0.1) is 0 Å². The van der Waals surface area contributed by atoms with Crippen molar-refractivity contribution in [2.45, 2.75) is 19.3 Å². The fourth-order valence-corrected chi connectivity index (χ4v) is 2.16. The number of aryl methyl sites for hydroxylation is 1. The van der Waals surface area contributed by atoms with Crippen molar-refractivity contribution >= 4 is 23.4 Å². The van der Waals surface area contributed by atoms with Gasteiger partial charge in [0.1, 0.15) is 0 Å². The number of benzene rings is 1. The molecule has 0 saturated heterocycles. The zero-order valence-corrected chi connectivity index (χ0v) is 8.67. The Morgan fingerprint density at radius 3 is 2.73 bits per heavy atom. The molecule has 0 aromatic heterocycles. The zero-order valence-electron chi connectivity index (χ0n) is 7.92. The minimum Gasteiger partial charge on any atom is -0.478 e. The topological polar surface area (TPSA) is 54.4 Å². The number of rotatable bonds is 1. The molecule has 0 radical (unpaired) electrons. The first-order chi connectivity index (χ1) is 7.09. The van der Waals surface area contributed by atoms with Crippen LogP contribution in [-0.4, -0.2) is 16.9 Å². The second-order valence-corrected chi connectivity index (χ2v) is 4.01. The van der Waals surface area contributed by atoms with E-state index in [1.807, 2.05) is 0 Å². The summed E-state index contributed by atoms with van der Waals surface area (Å²) in [6.45, 7) is 0. The van der Waals surface area contributed by atoms with E-state index < -0.39 is 5.97 Å². The number of carboxylic acids is 1. The zero-order chi connectivity index (χ0) is 11.0. The average Bonchev–Trinajstić information content (AvgIpc) is 2.16. The number of hydrogen-bond acceptors (Lipinski definition) is 2. The number of hydrogen-bond donors (Lipinski definition) is 1. The van der Waals surface area contributed by atoms with Crippen LogP contribution < -0.4 is 0 Å². The molecule has 1 aromatic carbocycles. The maximum absolute atomic E-state index is 11.6. The van der Waals surface area contributed by atoms with Gasteiger partial charge in [-0.2, -0.15) is 0 Å². The number of carbonyl (C=O) groups is 2. The monoisotopic (exact) mass is 224 g/mol. The molecule has 0 bridgehead atoms. The Labute approximate surface area is 91.7 Å². The summed E-state index contributed by atoms with van der Waals surface area (Å²) in [5.74, 6) is -1.19. The molecule has 0 unspecified atom stereocenters. The van der Waals surface area contributed by atoms with Crippen LogP contribution in [0.5, 0.6) is 0 Å². The van der Waals surface area contributed by atoms with Gasteiger partial charge >= 0.3 is 5.97 Å². The van der Waals surface area contributed by atoms with E-state index >= 15 is 0 Å². The van der Waals surface area contributed by atoms with E-state index in [0.29, 0.717) is 17.0 Å². The van der Waals surface area contributed by atoms with E-state index in [4.69, 9.17) is 16.7 Å². The fraction of sp³-hybridized carbons (Fsp3) is 0.273. The first-order valence-corrected chi connectivity index (χ1v) is 5.06. The van der Waals surface area contributed by atoms with Crippen molar-refractivity contribution < 1.29 is 14.7 Å². The first kappa shape index (κ1) is 10.2. The number of ketones is 1. The SMILES string of the molecule is O=C(O)c1cc(Cl)cc2c1C(=O)CCC2. The van der Waals surface area contributed by atoms with E-state index in [1.165, 1.54) is 6.07 Å². The molecule has 1 N–H and O–H groups in total. The van der Waals surface area contributed by atoms with Crippen LogP contribution in [0.15, 0.2) is 12.1 Å². The number of carboxylic acid groups (broad SMARTS) is 1. The molecular weight excluding hydrogens is 216 g/mol. The van der Waals surface area contributed by atoms with Crippen LogP contribution in [0.2, 0.25) is 5.02 Å². The summed E-state index contributed by atoms with van der Waals surface area (Å²) >= 11 is 5.80. The maximum Gasteiger partial charge on any atom is 0.336 e. The Kier molecular flexibility index (Phi) is 2.49. The largest absolute Gasteiger partial charge is 0.478 e. The van der Waals surface area contributed by atoms with Gasteiger partial charge in [-0.25, -0.2) is 4.79 Å². The van der Waals surface area contributed by atoms with Crippen molar-refractivity contribution in [1.29, 1.82) is 0 Å². The van der Waals surface area contributed by atoms with Gasteiger partial charge in [-0.05, 0) is 30.5 Å². The van der Waals surface area contributed by atoms with E-state index in [9.17, 15) is 9.59 Å². The molecule has 3 nitrogen and oxygen atoms in total. The minimum atomic E-state index is -1.09. The highest BCUT2D eigenvalue weighted by atomic mass is 35.5. The predicted molar refractivity (Wildman–Crippen MR) is 55.7 cm³/mol. The Morgan fingerprint density at radius 2 is 2.07 bits per heavy atom. The van der Waals surface area contributed by atoms with E-state index in [0.717, 1.165) is 18.4 Å². The third-order valence-electron chi connectivity index (χ3n) is 2.54. The van der Waals surface area contributed by atoms with Crippen molar-refractivity contribution in [3.8, 4) is 0 Å². The molecule has 1 aromatic rings. The summed E-state index contributed by atoms with van der Waals surface area (Å²) < 4.78 is 0. The van der Waals surface area contributed by atoms with Gasteiger partial charge in [-0.15, -0.1) is 0 Å². The second-order valence-electron chi connectivity index (χ2n) is 3.57. The molecule has 1 aliphatic carbocycles. The van der Waals surface area contributed by atoms with Crippen LogP contribution in [0.25, 0.3) is 0 Å². The normalized spacial score (nSPS) is 14.9. The highest BCUT2D eigenvalue weighted by Gasteiger charge is 2.24. The Balaban J connectivity index is 2.69. The third kappa shape index (κ3) is 1.75. The number of aromatic carboxylic acids is 1. The summed E-state index contributed by atoms with van der Waals surface area (Å²) in [5.41, 5.74) is 1.14. The molecule has 1 aliphatic rings. The molecule has 4 heteroatoms. The van der Waals surface area contributed by atoms with E-state index in [2.05, 4.69) is 0 Å². The van der Waals surface area contributed by atoms with Gasteiger partial charge in [0, 0.05) is 17.0 Å². The summed E-state index contributed by atoms with van der Waals surface area (Å²) in [6.07, 6.45) is 1.92. The number of carbonyl (C=O) groups excluding carboxylic acids is 1. The molecule has 15 heavy (non-hydrogen) atoms. The first-order valence-electron chi connectivity index (χ1n) is 4.68. The molecule has 2 rings (SSSR count). The smallest absolute Gasteiger partial charge is 0.336 e. The third-order valence-corrected chi connectivity index (χ3v) is 2.76. The van der Waals surface area contributed by atoms with Crippen LogP contribution in [0.1, 0.15) is 39.1 Å². The quantitative estimate of drug-likeness (QED) is 0.798. The summed E-state index contributed by atoms with van der Waals surface area (Å²) in [5, 5.41) is 9.35. The van der Waals surface area contributed by atoms with Crippen LogP contribution >= 0.6 is 11.6 Å². The highest BCUT2D eigenvalue weighted by Crippen LogP contribution is 2.28. The van der Waals surface area contributed by atoms with Crippen molar-refractivity contribution in [1.82, 2.24) is 0 Å². The lowest BCUT2D eigenvalue weighted by Gasteiger charge is -2.16. The molecule has 78 valence electrons. The van der Waals surface area contributed by atoms with Crippen molar-refractivity contribution in [3.05, 3.63) is 33.8 Å². The Morgan fingerprint density at radius 1 is 1.33 bits per heavy atom. The van der Waals surface area contributed by atoms with Crippen LogP contribution in [0.4, 0.5) is 0 Å². The van der Waals surface area contributed by atoms with Gasteiger partial charge in [0.15, 0.2) is 5.78 Å². The van der Waals surface area contributed by atoms with E-state index in [-0.39, 0.29) is 11.3 Å². The van der Waals surface area contributed by atoms with Gasteiger partial charge < -0.3 is 5.11 Å². The van der Waals surface area contributed by atoms with Crippen molar-refractivity contribution in [2.75, 3.05) is 0 Å².